The van der Waals surface area contributed by atoms with Gasteiger partial charge in [-0.3, -0.25) is 9.48 Å². The highest BCUT2D eigenvalue weighted by atomic mass is 32.1. The van der Waals surface area contributed by atoms with E-state index in [-0.39, 0.29) is 12.7 Å². The molecule has 0 aliphatic carbocycles. The SMILES string of the molecule is O=C(c1ccc2c(c1)OCO2)N1CCCn2nc(-c3cccs3)cc2C1. The van der Waals surface area contributed by atoms with Crippen molar-refractivity contribution in [2.24, 2.45) is 0 Å². The molecule has 132 valence electrons. The Hall–Kier alpha value is -2.80. The summed E-state index contributed by atoms with van der Waals surface area (Å²) in [6, 6.07) is 11.6. The molecule has 5 rings (SSSR count). The number of nitrogens with zero attached hydrogens (tertiary/aromatic N) is 3. The maximum atomic E-state index is 13.0. The second-order valence-corrected chi connectivity index (χ2v) is 7.32. The van der Waals surface area contributed by atoms with Gasteiger partial charge in [0.25, 0.3) is 5.91 Å². The van der Waals surface area contributed by atoms with E-state index in [0.29, 0.717) is 30.2 Å². The van der Waals surface area contributed by atoms with Crippen LogP contribution in [0.5, 0.6) is 11.5 Å². The van der Waals surface area contributed by atoms with E-state index in [4.69, 9.17) is 14.6 Å². The van der Waals surface area contributed by atoms with E-state index < -0.39 is 0 Å². The lowest BCUT2D eigenvalue weighted by molar-refractivity contribution is 0.0745. The van der Waals surface area contributed by atoms with E-state index in [1.165, 1.54) is 0 Å². The molecule has 0 atom stereocenters. The number of rotatable bonds is 2. The van der Waals surface area contributed by atoms with Crippen molar-refractivity contribution in [2.75, 3.05) is 13.3 Å². The van der Waals surface area contributed by atoms with Crippen molar-refractivity contribution >= 4 is 17.2 Å². The smallest absolute Gasteiger partial charge is 0.254 e. The summed E-state index contributed by atoms with van der Waals surface area (Å²) in [6.45, 7) is 2.31. The second-order valence-electron chi connectivity index (χ2n) is 6.37. The van der Waals surface area contributed by atoms with Crippen LogP contribution in [0.25, 0.3) is 10.6 Å². The third-order valence-corrected chi connectivity index (χ3v) is 5.59. The maximum Gasteiger partial charge on any atom is 0.254 e. The average molecular weight is 367 g/mol. The normalized spacial score (nSPS) is 15.6. The van der Waals surface area contributed by atoms with Crippen LogP contribution in [0.3, 0.4) is 0 Å². The van der Waals surface area contributed by atoms with Crippen LogP contribution in [0.15, 0.2) is 41.8 Å². The lowest BCUT2D eigenvalue weighted by atomic mass is 10.1. The van der Waals surface area contributed by atoms with E-state index in [1.807, 2.05) is 15.6 Å². The molecule has 7 heteroatoms. The Bertz CT molecular complexity index is 965. The van der Waals surface area contributed by atoms with Crippen LogP contribution in [0.1, 0.15) is 22.5 Å². The molecule has 2 aliphatic heterocycles. The number of thiophene rings is 1. The van der Waals surface area contributed by atoms with E-state index in [1.54, 1.807) is 29.5 Å². The van der Waals surface area contributed by atoms with Gasteiger partial charge < -0.3 is 14.4 Å². The molecular formula is C19H17N3O3S. The first-order chi connectivity index (χ1) is 12.8. The van der Waals surface area contributed by atoms with Crippen molar-refractivity contribution in [1.29, 1.82) is 0 Å². The topological polar surface area (TPSA) is 56.6 Å². The lowest BCUT2D eigenvalue weighted by Crippen LogP contribution is -2.30. The van der Waals surface area contributed by atoms with Crippen LogP contribution in [0, 0.1) is 0 Å². The predicted molar refractivity (Wildman–Crippen MR) is 97.5 cm³/mol. The van der Waals surface area contributed by atoms with Crippen molar-refractivity contribution in [3.05, 3.63) is 53.0 Å². The Morgan fingerprint density at radius 3 is 2.92 bits per heavy atom. The number of hydrogen-bond acceptors (Lipinski definition) is 5. The third-order valence-electron chi connectivity index (χ3n) is 4.69. The standard InChI is InChI=1S/C19H17N3O3S/c23-19(13-4-5-16-17(9-13)25-12-24-16)21-6-2-7-22-14(11-21)10-15(20-22)18-3-1-8-26-18/h1,3-5,8-10H,2,6-7,11-12H2. The summed E-state index contributed by atoms with van der Waals surface area (Å²) in [6.07, 6.45) is 0.884. The highest BCUT2D eigenvalue weighted by Crippen LogP contribution is 2.33. The minimum atomic E-state index is 0.00984. The van der Waals surface area contributed by atoms with Crippen LogP contribution < -0.4 is 9.47 Å². The van der Waals surface area contributed by atoms with Crippen molar-refractivity contribution in [2.45, 2.75) is 19.5 Å². The molecule has 0 spiro atoms. The summed E-state index contributed by atoms with van der Waals surface area (Å²) >= 11 is 1.68. The number of aryl methyl sites for hydroxylation is 1. The number of ether oxygens (including phenoxy) is 2. The summed E-state index contributed by atoms with van der Waals surface area (Å²) in [5.41, 5.74) is 2.67. The van der Waals surface area contributed by atoms with Crippen molar-refractivity contribution in [1.82, 2.24) is 14.7 Å². The highest BCUT2D eigenvalue weighted by molar-refractivity contribution is 7.13. The van der Waals surface area contributed by atoms with Crippen molar-refractivity contribution in [3.63, 3.8) is 0 Å². The molecule has 4 heterocycles. The molecule has 3 aromatic rings. The Morgan fingerprint density at radius 2 is 2.04 bits per heavy atom. The highest BCUT2D eigenvalue weighted by Gasteiger charge is 2.24. The first kappa shape index (κ1) is 15.5. The number of hydrogen-bond donors (Lipinski definition) is 0. The number of carbonyl (C=O) groups excluding carboxylic acids is 1. The zero-order valence-corrected chi connectivity index (χ0v) is 14.9. The fraction of sp³-hybridized carbons (Fsp3) is 0.263. The average Bonchev–Trinajstić information content (AvgIpc) is 3.39. The molecule has 1 amide bonds. The Kier molecular flexibility index (Phi) is 3.67. The second kappa shape index (κ2) is 6.17. The minimum Gasteiger partial charge on any atom is -0.454 e. The van der Waals surface area contributed by atoms with Crippen LogP contribution in [-0.2, 0) is 13.1 Å². The van der Waals surface area contributed by atoms with Gasteiger partial charge in [0.15, 0.2) is 11.5 Å². The number of carbonyl (C=O) groups is 1. The van der Waals surface area contributed by atoms with Gasteiger partial charge in [-0.05, 0) is 42.1 Å². The van der Waals surface area contributed by atoms with Crippen molar-refractivity contribution in [3.8, 4) is 22.1 Å². The number of benzene rings is 1. The molecule has 2 aliphatic rings. The first-order valence-electron chi connectivity index (χ1n) is 8.57. The molecule has 0 saturated heterocycles. The maximum absolute atomic E-state index is 13.0. The quantitative estimate of drug-likeness (QED) is 0.697. The number of aromatic nitrogens is 2. The summed E-state index contributed by atoms with van der Waals surface area (Å²) in [5.74, 6) is 1.34. The first-order valence-corrected chi connectivity index (χ1v) is 9.45. The fourth-order valence-electron chi connectivity index (χ4n) is 3.39. The van der Waals surface area contributed by atoms with Crippen LogP contribution in [-0.4, -0.2) is 33.9 Å². The van der Waals surface area contributed by atoms with Crippen molar-refractivity contribution < 1.29 is 14.3 Å². The third kappa shape index (κ3) is 2.64. The van der Waals surface area contributed by atoms with Gasteiger partial charge >= 0.3 is 0 Å². The van der Waals surface area contributed by atoms with Gasteiger partial charge in [0.2, 0.25) is 6.79 Å². The summed E-state index contributed by atoms with van der Waals surface area (Å²) in [5, 5.41) is 6.77. The Morgan fingerprint density at radius 1 is 1.12 bits per heavy atom. The molecule has 0 radical (unpaired) electrons. The number of amides is 1. The number of fused-ring (bicyclic) bond motifs is 2. The van der Waals surface area contributed by atoms with E-state index in [2.05, 4.69) is 17.5 Å². The van der Waals surface area contributed by atoms with Gasteiger partial charge in [-0.15, -0.1) is 11.3 Å². The summed E-state index contributed by atoms with van der Waals surface area (Å²) < 4.78 is 12.8. The molecular weight excluding hydrogens is 350 g/mol. The van der Waals surface area contributed by atoms with Gasteiger partial charge in [0.1, 0.15) is 5.69 Å². The van der Waals surface area contributed by atoms with Gasteiger partial charge in [0.05, 0.1) is 17.1 Å². The molecule has 0 N–H and O–H groups in total. The van der Waals surface area contributed by atoms with Crippen LogP contribution in [0.2, 0.25) is 0 Å². The molecule has 1 aromatic carbocycles. The molecule has 0 saturated carbocycles. The molecule has 2 aromatic heterocycles. The van der Waals surface area contributed by atoms with Gasteiger partial charge in [-0.2, -0.15) is 5.10 Å². The van der Waals surface area contributed by atoms with Crippen LogP contribution >= 0.6 is 11.3 Å². The summed E-state index contributed by atoms with van der Waals surface area (Å²) in [4.78, 5) is 16.0. The van der Waals surface area contributed by atoms with Gasteiger partial charge in [0, 0.05) is 18.7 Å². The lowest BCUT2D eigenvalue weighted by Gasteiger charge is -2.20. The predicted octanol–water partition coefficient (Wildman–Crippen LogP) is 3.39. The minimum absolute atomic E-state index is 0.00984. The largest absolute Gasteiger partial charge is 0.454 e. The fourth-order valence-corrected chi connectivity index (χ4v) is 4.07. The van der Waals surface area contributed by atoms with E-state index >= 15 is 0 Å². The van der Waals surface area contributed by atoms with E-state index in [9.17, 15) is 4.79 Å². The van der Waals surface area contributed by atoms with Crippen LogP contribution in [0.4, 0.5) is 0 Å². The van der Waals surface area contributed by atoms with E-state index in [0.717, 1.165) is 29.2 Å². The zero-order chi connectivity index (χ0) is 17.5. The molecule has 0 bridgehead atoms. The Labute approximate surface area is 154 Å². The zero-order valence-electron chi connectivity index (χ0n) is 14.1. The molecule has 26 heavy (non-hydrogen) atoms. The molecule has 0 unspecified atom stereocenters. The summed E-state index contributed by atoms with van der Waals surface area (Å²) in [7, 11) is 0. The molecule has 0 fully saturated rings. The van der Waals surface area contributed by atoms with Gasteiger partial charge in [-0.25, -0.2) is 0 Å². The Balaban J connectivity index is 1.41. The van der Waals surface area contributed by atoms with Gasteiger partial charge in [-0.1, -0.05) is 6.07 Å². The molecule has 6 nitrogen and oxygen atoms in total. The monoisotopic (exact) mass is 367 g/mol.